The van der Waals surface area contributed by atoms with Gasteiger partial charge in [-0.1, -0.05) is 6.07 Å². The van der Waals surface area contributed by atoms with E-state index in [1.807, 2.05) is 19.1 Å². The number of aryl methyl sites for hydroxylation is 1. The monoisotopic (exact) mass is 369 g/mol. The smallest absolute Gasteiger partial charge is 0.341 e. The van der Waals surface area contributed by atoms with E-state index in [4.69, 9.17) is 15.5 Å². The molecule has 2 fully saturated rings. The molecule has 1 amide bonds. The van der Waals surface area contributed by atoms with Gasteiger partial charge in [-0.2, -0.15) is 5.10 Å². The number of nitrogens with two attached hydrogens (primary N) is 1. The van der Waals surface area contributed by atoms with E-state index in [0.717, 1.165) is 30.2 Å². The first kappa shape index (κ1) is 17.5. The second-order valence-corrected chi connectivity index (χ2v) is 7.22. The second kappa shape index (κ2) is 6.68. The Kier molecular flexibility index (Phi) is 4.33. The number of carbonyl (C=O) groups is 2. The van der Waals surface area contributed by atoms with Gasteiger partial charge < -0.3 is 15.4 Å². The van der Waals surface area contributed by atoms with Crippen molar-refractivity contribution in [2.45, 2.75) is 20.4 Å². The number of primary amides is 1. The van der Waals surface area contributed by atoms with Gasteiger partial charge in [0, 0.05) is 30.9 Å². The van der Waals surface area contributed by atoms with E-state index in [0.29, 0.717) is 30.6 Å². The molecule has 2 aromatic heterocycles. The summed E-state index contributed by atoms with van der Waals surface area (Å²) >= 11 is 0. The number of piperidine rings is 1. The lowest BCUT2D eigenvalue weighted by Crippen LogP contribution is -2.29. The average molecular weight is 369 g/mol. The van der Waals surface area contributed by atoms with Crippen LogP contribution in [0, 0.1) is 24.7 Å². The molecule has 2 aliphatic rings. The molecule has 8 nitrogen and oxygen atoms in total. The predicted octanol–water partition coefficient (Wildman–Crippen LogP) is 0.979. The first-order valence-electron chi connectivity index (χ1n) is 9.18. The molecule has 8 heteroatoms. The number of hydrogen-bond donors (Lipinski definition) is 1. The maximum atomic E-state index is 11.7. The van der Waals surface area contributed by atoms with Crippen LogP contribution in [0.3, 0.4) is 0 Å². The van der Waals surface area contributed by atoms with Crippen LogP contribution in [0.5, 0.6) is 0 Å². The fourth-order valence-corrected chi connectivity index (χ4v) is 4.00. The van der Waals surface area contributed by atoms with Crippen LogP contribution in [-0.4, -0.2) is 46.3 Å². The number of fused-ring (bicyclic) bond motifs is 1. The van der Waals surface area contributed by atoms with Crippen LogP contribution in [0.4, 0.5) is 5.82 Å². The number of carbonyl (C=O) groups excluding carboxylic acids is 2. The minimum atomic E-state index is -0.365. The summed E-state index contributed by atoms with van der Waals surface area (Å²) in [5.74, 6) is 1.21. The Hall–Kier alpha value is -2.90. The van der Waals surface area contributed by atoms with Gasteiger partial charge in [0.25, 0.3) is 0 Å². The van der Waals surface area contributed by atoms with Crippen molar-refractivity contribution >= 4 is 17.7 Å². The molecule has 3 heterocycles. The van der Waals surface area contributed by atoms with Crippen LogP contribution >= 0.6 is 0 Å². The maximum Gasteiger partial charge on any atom is 0.341 e. The number of nitrogens with zero attached hydrogens (tertiary/aromatic N) is 4. The van der Waals surface area contributed by atoms with Crippen LogP contribution < -0.4 is 10.6 Å². The van der Waals surface area contributed by atoms with E-state index in [1.54, 1.807) is 17.8 Å². The van der Waals surface area contributed by atoms with E-state index in [-0.39, 0.29) is 17.8 Å². The van der Waals surface area contributed by atoms with Crippen molar-refractivity contribution < 1.29 is 14.3 Å². The minimum absolute atomic E-state index is 0.0510. The van der Waals surface area contributed by atoms with Crippen LogP contribution in [-0.2, 0) is 16.1 Å². The number of anilines is 1. The Balaban J connectivity index is 1.41. The summed E-state index contributed by atoms with van der Waals surface area (Å²) in [4.78, 5) is 30.0. The third-order valence-electron chi connectivity index (χ3n) is 5.50. The quantitative estimate of drug-likeness (QED) is 0.762. The lowest BCUT2D eigenvalue weighted by Gasteiger charge is -2.21. The average Bonchev–Trinajstić information content (AvgIpc) is 2.99. The second-order valence-electron chi connectivity index (χ2n) is 7.22. The molecule has 4 rings (SSSR count). The van der Waals surface area contributed by atoms with Gasteiger partial charge >= 0.3 is 5.97 Å². The largest absolute Gasteiger partial charge is 0.462 e. The van der Waals surface area contributed by atoms with Crippen molar-refractivity contribution in [1.82, 2.24) is 14.8 Å². The van der Waals surface area contributed by atoms with Gasteiger partial charge in [-0.15, -0.1) is 0 Å². The van der Waals surface area contributed by atoms with Gasteiger partial charge in [0.2, 0.25) is 5.91 Å². The van der Waals surface area contributed by atoms with Crippen LogP contribution in [0.25, 0.3) is 0 Å². The van der Waals surface area contributed by atoms with E-state index >= 15 is 0 Å². The summed E-state index contributed by atoms with van der Waals surface area (Å²) in [7, 11) is 0. The highest BCUT2D eigenvalue weighted by Gasteiger charge is 2.58. The molecule has 142 valence electrons. The summed E-state index contributed by atoms with van der Waals surface area (Å²) in [5.41, 5.74) is 7.82. The highest BCUT2D eigenvalue weighted by molar-refractivity contribution is 5.88. The molecule has 1 saturated heterocycles. The molecule has 3 atom stereocenters. The number of hydrogen-bond acceptors (Lipinski definition) is 6. The highest BCUT2D eigenvalue weighted by Crippen LogP contribution is 2.52. The lowest BCUT2D eigenvalue weighted by atomic mass is 10.2. The standard InChI is InChI=1S/C19H23N5O3/c1-3-27-19(26)13-6-21-24(8-13)7-12-4-5-16(22-11(12)2)23-9-14-15(10-23)17(14)18(20)25/h4-6,8,14-15,17H,3,7,9-10H2,1-2H3,(H2,20,25)/t14-,15+,17-. The summed E-state index contributed by atoms with van der Waals surface area (Å²) in [6.07, 6.45) is 3.20. The summed E-state index contributed by atoms with van der Waals surface area (Å²) < 4.78 is 6.69. The SMILES string of the molecule is CCOC(=O)c1cnn(Cc2ccc(N3C[C@@H]4[C@H](C3)[C@@H]4C(N)=O)nc2C)c1. The summed E-state index contributed by atoms with van der Waals surface area (Å²) in [6, 6.07) is 4.04. The third-order valence-corrected chi connectivity index (χ3v) is 5.50. The zero-order valence-corrected chi connectivity index (χ0v) is 15.5. The zero-order valence-electron chi connectivity index (χ0n) is 15.5. The molecule has 2 aromatic rings. The Morgan fingerprint density at radius 1 is 1.30 bits per heavy atom. The number of rotatable bonds is 6. The van der Waals surface area contributed by atoms with E-state index in [9.17, 15) is 9.59 Å². The van der Waals surface area contributed by atoms with E-state index < -0.39 is 0 Å². The van der Waals surface area contributed by atoms with Crippen LogP contribution in [0.2, 0.25) is 0 Å². The molecular formula is C19H23N5O3. The Labute approximate surface area is 157 Å². The fraction of sp³-hybridized carbons (Fsp3) is 0.474. The van der Waals surface area contributed by atoms with Gasteiger partial charge in [-0.05, 0) is 37.3 Å². The number of aromatic nitrogens is 3. The van der Waals surface area contributed by atoms with Crippen molar-refractivity contribution in [3.63, 3.8) is 0 Å². The molecule has 0 unspecified atom stereocenters. The molecule has 0 spiro atoms. The fourth-order valence-electron chi connectivity index (χ4n) is 4.00. The molecule has 1 aliphatic heterocycles. The normalized spacial score (nSPS) is 23.2. The third kappa shape index (κ3) is 3.27. The molecule has 2 N–H and O–H groups in total. The van der Waals surface area contributed by atoms with Crippen molar-refractivity contribution in [2.75, 3.05) is 24.6 Å². The zero-order chi connectivity index (χ0) is 19.1. The summed E-state index contributed by atoms with van der Waals surface area (Å²) in [6.45, 7) is 6.30. The van der Waals surface area contributed by atoms with Crippen LogP contribution in [0.1, 0.15) is 28.5 Å². The van der Waals surface area contributed by atoms with Crippen molar-refractivity contribution in [3.05, 3.63) is 41.3 Å². The topological polar surface area (TPSA) is 103 Å². The highest BCUT2D eigenvalue weighted by atomic mass is 16.5. The Bertz CT molecular complexity index is 881. The molecule has 0 bridgehead atoms. The predicted molar refractivity (Wildman–Crippen MR) is 98.1 cm³/mol. The Morgan fingerprint density at radius 3 is 2.67 bits per heavy atom. The van der Waals surface area contributed by atoms with Crippen molar-refractivity contribution in [3.8, 4) is 0 Å². The molecule has 1 saturated carbocycles. The minimum Gasteiger partial charge on any atom is -0.462 e. The maximum absolute atomic E-state index is 11.7. The number of ether oxygens (including phenoxy) is 1. The van der Waals surface area contributed by atoms with E-state index in [1.165, 1.54) is 6.20 Å². The number of pyridine rings is 1. The van der Waals surface area contributed by atoms with Gasteiger partial charge in [0.15, 0.2) is 0 Å². The van der Waals surface area contributed by atoms with Gasteiger partial charge in [0.1, 0.15) is 5.82 Å². The first-order chi connectivity index (χ1) is 13.0. The van der Waals surface area contributed by atoms with Gasteiger partial charge in [-0.25, -0.2) is 9.78 Å². The molecular weight excluding hydrogens is 346 g/mol. The van der Waals surface area contributed by atoms with Gasteiger partial charge in [0.05, 0.1) is 24.9 Å². The Morgan fingerprint density at radius 2 is 2.04 bits per heavy atom. The lowest BCUT2D eigenvalue weighted by molar-refractivity contribution is -0.119. The molecule has 27 heavy (non-hydrogen) atoms. The number of amides is 1. The van der Waals surface area contributed by atoms with E-state index in [2.05, 4.69) is 10.00 Å². The van der Waals surface area contributed by atoms with Crippen molar-refractivity contribution in [1.29, 1.82) is 0 Å². The number of esters is 1. The van der Waals surface area contributed by atoms with Crippen LogP contribution in [0.15, 0.2) is 24.5 Å². The summed E-state index contributed by atoms with van der Waals surface area (Å²) in [5, 5.41) is 4.23. The first-order valence-corrected chi connectivity index (χ1v) is 9.18. The molecule has 0 aromatic carbocycles. The van der Waals surface area contributed by atoms with Crippen molar-refractivity contribution in [2.24, 2.45) is 23.5 Å². The van der Waals surface area contributed by atoms with Gasteiger partial charge in [-0.3, -0.25) is 9.48 Å². The molecule has 0 radical (unpaired) electrons. The molecule has 1 aliphatic carbocycles.